The lowest BCUT2D eigenvalue weighted by atomic mass is 10.1. The van der Waals surface area contributed by atoms with Gasteiger partial charge in [-0.3, -0.25) is 9.48 Å². The quantitative estimate of drug-likeness (QED) is 0.830. The summed E-state index contributed by atoms with van der Waals surface area (Å²) in [7, 11) is 1.70. The lowest BCUT2D eigenvalue weighted by Crippen LogP contribution is -2.31. The highest BCUT2D eigenvalue weighted by molar-refractivity contribution is 5.96. The molecule has 0 radical (unpaired) electrons. The van der Waals surface area contributed by atoms with Crippen LogP contribution in [0.3, 0.4) is 0 Å². The third-order valence-electron chi connectivity index (χ3n) is 3.46. The van der Waals surface area contributed by atoms with Crippen molar-refractivity contribution >= 4 is 11.6 Å². The van der Waals surface area contributed by atoms with Crippen molar-refractivity contribution in [1.29, 1.82) is 0 Å². The minimum Gasteiger partial charge on any atom is -0.311 e. The van der Waals surface area contributed by atoms with E-state index in [1.165, 1.54) is 15.8 Å². The molecule has 0 bridgehead atoms. The molecular weight excluding hydrogens is 266 g/mol. The number of nitrogens with zero attached hydrogens (tertiary/aromatic N) is 4. The normalized spacial score (nSPS) is 13.7. The van der Waals surface area contributed by atoms with Crippen LogP contribution in [0.25, 0.3) is 0 Å². The number of fused-ring (bicyclic) bond motifs is 1. The summed E-state index contributed by atoms with van der Waals surface area (Å²) in [6.07, 6.45) is 2.17. The van der Waals surface area contributed by atoms with Crippen molar-refractivity contribution in [3.8, 4) is 0 Å². The SMILES string of the molecule is Cn1nncc1CC(=O)N1CCc2cc(F)c(F)cc21. The van der Waals surface area contributed by atoms with Crippen molar-refractivity contribution in [2.24, 2.45) is 7.05 Å². The van der Waals surface area contributed by atoms with Crippen molar-refractivity contribution in [3.05, 3.63) is 41.2 Å². The van der Waals surface area contributed by atoms with Gasteiger partial charge in [-0.1, -0.05) is 5.21 Å². The van der Waals surface area contributed by atoms with Crippen LogP contribution in [0, 0.1) is 11.6 Å². The Morgan fingerprint density at radius 2 is 2.10 bits per heavy atom. The Morgan fingerprint density at radius 3 is 2.80 bits per heavy atom. The summed E-state index contributed by atoms with van der Waals surface area (Å²) < 4.78 is 28.0. The average Bonchev–Trinajstić information content (AvgIpc) is 2.97. The molecule has 0 saturated heterocycles. The summed E-state index contributed by atoms with van der Waals surface area (Å²) in [5.41, 5.74) is 1.77. The Bertz CT molecular complexity index is 683. The van der Waals surface area contributed by atoms with Crippen LogP contribution < -0.4 is 4.90 Å². The van der Waals surface area contributed by atoms with E-state index in [-0.39, 0.29) is 12.3 Å². The van der Waals surface area contributed by atoms with E-state index in [2.05, 4.69) is 10.3 Å². The van der Waals surface area contributed by atoms with Crippen molar-refractivity contribution in [2.75, 3.05) is 11.4 Å². The minimum absolute atomic E-state index is 0.127. The van der Waals surface area contributed by atoms with Crippen LogP contribution in [-0.2, 0) is 24.7 Å². The van der Waals surface area contributed by atoms with Gasteiger partial charge in [-0.25, -0.2) is 8.78 Å². The van der Waals surface area contributed by atoms with Crippen LogP contribution in [0.2, 0.25) is 0 Å². The monoisotopic (exact) mass is 278 g/mol. The van der Waals surface area contributed by atoms with Gasteiger partial charge >= 0.3 is 0 Å². The molecule has 5 nitrogen and oxygen atoms in total. The van der Waals surface area contributed by atoms with Crippen LogP contribution in [0.1, 0.15) is 11.3 Å². The zero-order valence-electron chi connectivity index (χ0n) is 10.8. The highest BCUT2D eigenvalue weighted by Crippen LogP contribution is 2.30. The minimum atomic E-state index is -0.939. The average molecular weight is 278 g/mol. The third kappa shape index (κ3) is 2.04. The maximum absolute atomic E-state index is 13.3. The molecule has 1 aromatic carbocycles. The lowest BCUT2D eigenvalue weighted by molar-refractivity contribution is -0.118. The number of hydrogen-bond donors (Lipinski definition) is 0. The topological polar surface area (TPSA) is 51.0 Å². The molecule has 1 aliphatic rings. The van der Waals surface area contributed by atoms with Crippen molar-refractivity contribution in [2.45, 2.75) is 12.8 Å². The maximum atomic E-state index is 13.3. The number of amides is 1. The molecule has 0 atom stereocenters. The first kappa shape index (κ1) is 12.7. The van der Waals surface area contributed by atoms with Gasteiger partial charge in [0.15, 0.2) is 11.6 Å². The number of carbonyl (C=O) groups is 1. The zero-order valence-corrected chi connectivity index (χ0v) is 10.8. The molecule has 0 fully saturated rings. The number of carbonyl (C=O) groups excluding carboxylic acids is 1. The van der Waals surface area contributed by atoms with Crippen molar-refractivity contribution in [1.82, 2.24) is 15.0 Å². The van der Waals surface area contributed by atoms with Gasteiger partial charge in [0.2, 0.25) is 5.91 Å². The highest BCUT2D eigenvalue weighted by Gasteiger charge is 2.27. The molecular formula is C13H12F2N4O. The van der Waals surface area contributed by atoms with E-state index in [1.54, 1.807) is 7.05 Å². The molecule has 7 heteroatoms. The van der Waals surface area contributed by atoms with Crippen molar-refractivity contribution in [3.63, 3.8) is 0 Å². The van der Waals surface area contributed by atoms with Crippen LogP contribution in [0.15, 0.2) is 18.3 Å². The Morgan fingerprint density at radius 1 is 1.35 bits per heavy atom. The second kappa shape index (κ2) is 4.66. The van der Waals surface area contributed by atoms with Gasteiger partial charge in [-0.05, 0) is 18.1 Å². The van der Waals surface area contributed by atoms with Gasteiger partial charge in [0.25, 0.3) is 0 Å². The number of halogens is 2. The van der Waals surface area contributed by atoms with Crippen molar-refractivity contribution < 1.29 is 13.6 Å². The third-order valence-corrected chi connectivity index (χ3v) is 3.46. The molecule has 2 heterocycles. The van der Waals surface area contributed by atoms with E-state index in [4.69, 9.17) is 0 Å². The summed E-state index contributed by atoms with van der Waals surface area (Å²) >= 11 is 0. The predicted octanol–water partition coefficient (Wildman–Crippen LogP) is 1.23. The zero-order chi connectivity index (χ0) is 14.3. The smallest absolute Gasteiger partial charge is 0.233 e. The van der Waals surface area contributed by atoms with E-state index in [0.717, 1.165) is 12.1 Å². The number of hydrogen-bond acceptors (Lipinski definition) is 3. The van der Waals surface area contributed by atoms with Gasteiger partial charge in [-0.2, -0.15) is 0 Å². The number of benzene rings is 1. The molecule has 2 aromatic rings. The number of aromatic nitrogens is 3. The summed E-state index contributed by atoms with van der Waals surface area (Å²) in [4.78, 5) is 13.7. The van der Waals surface area contributed by atoms with Gasteiger partial charge in [0.05, 0.1) is 24.0 Å². The number of aryl methyl sites for hydroxylation is 1. The molecule has 1 aliphatic heterocycles. The van der Waals surface area contributed by atoms with E-state index < -0.39 is 11.6 Å². The predicted molar refractivity (Wildman–Crippen MR) is 67.1 cm³/mol. The Balaban J connectivity index is 1.86. The van der Waals surface area contributed by atoms with Crippen LogP contribution in [0.5, 0.6) is 0 Å². The molecule has 0 aliphatic carbocycles. The fourth-order valence-corrected chi connectivity index (χ4v) is 2.36. The van der Waals surface area contributed by atoms with Gasteiger partial charge in [0, 0.05) is 19.7 Å². The molecule has 0 unspecified atom stereocenters. The number of rotatable bonds is 2. The highest BCUT2D eigenvalue weighted by atomic mass is 19.2. The van der Waals surface area contributed by atoms with E-state index >= 15 is 0 Å². The second-order valence-electron chi connectivity index (χ2n) is 4.72. The standard InChI is InChI=1S/C13H12F2N4O/c1-18-9(7-16-17-18)5-13(20)19-3-2-8-4-10(14)11(15)6-12(8)19/h4,6-7H,2-3,5H2,1H3. The van der Waals surface area contributed by atoms with E-state index in [9.17, 15) is 13.6 Å². The van der Waals surface area contributed by atoms with Crippen LogP contribution in [-0.4, -0.2) is 27.4 Å². The van der Waals surface area contributed by atoms with Gasteiger partial charge in [-0.15, -0.1) is 5.10 Å². The van der Waals surface area contributed by atoms with Gasteiger partial charge < -0.3 is 4.90 Å². The molecule has 3 rings (SSSR count). The molecule has 0 spiro atoms. The van der Waals surface area contributed by atoms with E-state index in [1.807, 2.05) is 0 Å². The fourth-order valence-electron chi connectivity index (χ4n) is 2.36. The summed E-state index contributed by atoms with van der Waals surface area (Å²) in [5.74, 6) is -2.00. The summed E-state index contributed by atoms with van der Waals surface area (Å²) in [5, 5.41) is 7.46. The first-order valence-corrected chi connectivity index (χ1v) is 6.18. The summed E-state index contributed by atoms with van der Waals surface area (Å²) in [6.45, 7) is 0.433. The molecule has 104 valence electrons. The maximum Gasteiger partial charge on any atom is 0.233 e. The molecule has 1 aromatic heterocycles. The Labute approximate surface area is 113 Å². The van der Waals surface area contributed by atoms with Crippen LogP contribution in [0.4, 0.5) is 14.5 Å². The van der Waals surface area contributed by atoms with Crippen LogP contribution >= 0.6 is 0 Å². The largest absolute Gasteiger partial charge is 0.311 e. The van der Waals surface area contributed by atoms with E-state index in [0.29, 0.717) is 29.9 Å². The first-order valence-electron chi connectivity index (χ1n) is 6.18. The fraction of sp³-hybridized carbons (Fsp3) is 0.308. The van der Waals surface area contributed by atoms with Gasteiger partial charge in [0.1, 0.15) is 0 Å². The molecule has 20 heavy (non-hydrogen) atoms. The Hall–Kier alpha value is -2.31. The molecule has 0 saturated carbocycles. The second-order valence-corrected chi connectivity index (χ2v) is 4.72. The Kier molecular flexibility index (Phi) is 2.96. The molecule has 1 amide bonds. The lowest BCUT2D eigenvalue weighted by Gasteiger charge is -2.17. The molecule has 0 N–H and O–H groups in total. The first-order chi connectivity index (χ1) is 9.56. The number of anilines is 1. The summed E-state index contributed by atoms with van der Waals surface area (Å²) in [6, 6.07) is 2.24.